The van der Waals surface area contributed by atoms with Crippen LogP contribution in [0.2, 0.25) is 0 Å². The number of halogens is 1. The number of ether oxygens (including phenoxy) is 1. The van der Waals surface area contributed by atoms with Crippen LogP contribution < -0.4 is 5.32 Å². The Hall–Kier alpha value is -2.27. The minimum absolute atomic E-state index is 0.204. The summed E-state index contributed by atoms with van der Waals surface area (Å²) in [6.45, 7) is 4.14. The summed E-state index contributed by atoms with van der Waals surface area (Å²) >= 11 is 4.64. The zero-order chi connectivity index (χ0) is 21.8. The number of nitrogens with zero attached hydrogens (tertiary/aromatic N) is 3. The highest BCUT2D eigenvalue weighted by atomic mass is 79.9. The van der Waals surface area contributed by atoms with Gasteiger partial charge in [-0.1, -0.05) is 0 Å². The van der Waals surface area contributed by atoms with Gasteiger partial charge in [0, 0.05) is 11.3 Å². The molecule has 0 saturated carbocycles. The highest BCUT2D eigenvalue weighted by Crippen LogP contribution is 2.38. The van der Waals surface area contributed by atoms with Gasteiger partial charge in [0.25, 0.3) is 0 Å². The molecule has 0 unspecified atom stereocenters. The fourth-order valence-corrected chi connectivity index (χ4v) is 5.22. The number of rotatable bonds is 8. The number of thiophene rings is 1. The van der Waals surface area contributed by atoms with Gasteiger partial charge < -0.3 is 20.2 Å². The summed E-state index contributed by atoms with van der Waals surface area (Å²) in [4.78, 5) is 36.6. The second-order valence-electron chi connectivity index (χ2n) is 6.99. The van der Waals surface area contributed by atoms with E-state index in [2.05, 4.69) is 26.3 Å². The Morgan fingerprint density at radius 1 is 1.37 bits per heavy atom. The predicted octanol–water partition coefficient (Wildman–Crippen LogP) is 4.40. The topological polar surface area (TPSA) is 116 Å². The number of anilines is 1. The summed E-state index contributed by atoms with van der Waals surface area (Å²) in [5.74, 6) is -0.839. The monoisotopic (exact) mass is 498 g/mol. The average molecular weight is 499 g/mol. The van der Waals surface area contributed by atoms with Crippen LogP contribution in [0, 0.1) is 17.0 Å². The van der Waals surface area contributed by atoms with Crippen LogP contribution in [-0.4, -0.2) is 33.2 Å². The van der Waals surface area contributed by atoms with E-state index in [1.165, 1.54) is 16.0 Å². The van der Waals surface area contributed by atoms with Crippen LogP contribution in [0.25, 0.3) is 0 Å². The zero-order valence-electron chi connectivity index (χ0n) is 16.8. The molecule has 30 heavy (non-hydrogen) atoms. The summed E-state index contributed by atoms with van der Waals surface area (Å²) in [6.07, 6.45) is 4.49. The summed E-state index contributed by atoms with van der Waals surface area (Å²) in [5, 5.41) is 18.4. The minimum Gasteiger partial charge on any atom is -0.462 e. The van der Waals surface area contributed by atoms with Gasteiger partial charge in [-0.05, 0) is 72.4 Å². The van der Waals surface area contributed by atoms with Gasteiger partial charge in [-0.2, -0.15) is 4.68 Å². The summed E-state index contributed by atoms with van der Waals surface area (Å²) < 4.78 is 7.07. The van der Waals surface area contributed by atoms with Gasteiger partial charge in [0.15, 0.2) is 0 Å². The Morgan fingerprint density at radius 2 is 2.10 bits per heavy atom. The molecular weight excluding hydrogens is 476 g/mol. The molecule has 0 spiro atoms. The molecule has 0 aromatic carbocycles. The van der Waals surface area contributed by atoms with E-state index in [4.69, 9.17) is 4.74 Å². The Kier molecular flexibility index (Phi) is 7.24. The number of hydrogen-bond donors (Lipinski definition) is 1. The van der Waals surface area contributed by atoms with Gasteiger partial charge in [0.2, 0.25) is 5.91 Å². The van der Waals surface area contributed by atoms with E-state index in [1.807, 2.05) is 0 Å². The minimum atomic E-state index is -0.546. The number of hydrogen-bond acceptors (Lipinski definition) is 7. The Bertz CT molecular complexity index is 984. The Balaban J connectivity index is 1.65. The fraction of sp³-hybridized carbons (Fsp3) is 0.526. The van der Waals surface area contributed by atoms with Crippen molar-refractivity contribution in [1.29, 1.82) is 0 Å². The molecule has 1 amide bonds. The highest BCUT2D eigenvalue weighted by molar-refractivity contribution is 9.10. The van der Waals surface area contributed by atoms with Gasteiger partial charge in [0.05, 0.1) is 29.5 Å². The van der Waals surface area contributed by atoms with Crippen molar-refractivity contribution in [1.82, 2.24) is 9.78 Å². The van der Waals surface area contributed by atoms with E-state index in [-0.39, 0.29) is 24.8 Å². The maximum absolute atomic E-state index is 12.5. The molecule has 162 valence electrons. The number of carbonyl (C=O) groups excluding carboxylic acids is 2. The number of aromatic nitrogens is 2. The third-order valence-electron chi connectivity index (χ3n) is 4.97. The van der Waals surface area contributed by atoms with E-state index < -0.39 is 10.9 Å². The first-order valence-corrected chi connectivity index (χ1v) is 11.4. The predicted molar refractivity (Wildman–Crippen MR) is 116 cm³/mol. The molecule has 11 heteroatoms. The van der Waals surface area contributed by atoms with Crippen molar-refractivity contribution >= 4 is 50.0 Å². The molecule has 0 atom stereocenters. The van der Waals surface area contributed by atoms with Crippen LogP contribution in [0.3, 0.4) is 0 Å². The van der Waals surface area contributed by atoms with Crippen molar-refractivity contribution in [3.63, 3.8) is 0 Å². The Labute approximate surface area is 186 Å². The number of nitrogens with one attached hydrogen (secondary N) is 1. The van der Waals surface area contributed by atoms with Crippen molar-refractivity contribution in [2.45, 2.75) is 58.9 Å². The van der Waals surface area contributed by atoms with Crippen LogP contribution in [0.1, 0.15) is 59.1 Å². The first-order chi connectivity index (χ1) is 14.3. The normalized spacial score (nSPS) is 13.0. The third kappa shape index (κ3) is 4.72. The molecule has 0 fully saturated rings. The van der Waals surface area contributed by atoms with Crippen LogP contribution in [0.4, 0.5) is 10.8 Å². The molecule has 1 aliphatic carbocycles. The lowest BCUT2D eigenvalue weighted by atomic mass is 9.95. The van der Waals surface area contributed by atoms with Gasteiger partial charge in [-0.15, -0.1) is 11.3 Å². The van der Waals surface area contributed by atoms with Crippen LogP contribution in [0.5, 0.6) is 0 Å². The molecule has 2 heterocycles. The van der Waals surface area contributed by atoms with Crippen LogP contribution >= 0.6 is 27.3 Å². The van der Waals surface area contributed by atoms with Crippen molar-refractivity contribution in [3.8, 4) is 0 Å². The van der Waals surface area contributed by atoms with Gasteiger partial charge in [-0.3, -0.25) is 4.79 Å². The largest absolute Gasteiger partial charge is 0.462 e. The van der Waals surface area contributed by atoms with E-state index in [0.717, 1.165) is 36.1 Å². The SMILES string of the molecule is CCOC(=O)c1c(NC(=O)CCCn2nc([N+](=O)[O-])c(Br)c2C)sc2c1CCCC2. The van der Waals surface area contributed by atoms with E-state index in [0.29, 0.717) is 33.7 Å². The molecule has 1 N–H and O–H groups in total. The van der Waals surface area contributed by atoms with Gasteiger partial charge >= 0.3 is 11.8 Å². The van der Waals surface area contributed by atoms with Crippen LogP contribution in [-0.2, 0) is 28.9 Å². The second-order valence-corrected chi connectivity index (χ2v) is 8.89. The van der Waals surface area contributed by atoms with E-state index in [1.54, 1.807) is 13.8 Å². The number of amides is 1. The summed E-state index contributed by atoms with van der Waals surface area (Å²) in [6, 6.07) is 0. The molecule has 0 aliphatic heterocycles. The molecule has 1 aliphatic rings. The highest BCUT2D eigenvalue weighted by Gasteiger charge is 2.27. The molecule has 2 aromatic heterocycles. The average Bonchev–Trinajstić information content (AvgIpc) is 3.20. The number of fused-ring (bicyclic) bond motifs is 1. The molecule has 9 nitrogen and oxygen atoms in total. The van der Waals surface area contributed by atoms with Crippen molar-refractivity contribution in [2.24, 2.45) is 0 Å². The molecule has 3 rings (SSSR count). The van der Waals surface area contributed by atoms with E-state index >= 15 is 0 Å². The lowest BCUT2D eigenvalue weighted by molar-refractivity contribution is -0.390. The van der Waals surface area contributed by atoms with E-state index in [9.17, 15) is 19.7 Å². The number of esters is 1. The lowest BCUT2D eigenvalue weighted by Crippen LogP contribution is -2.16. The smallest absolute Gasteiger partial charge is 0.404 e. The molecule has 2 aromatic rings. The van der Waals surface area contributed by atoms with Gasteiger partial charge in [0.1, 0.15) is 9.47 Å². The number of aryl methyl sites for hydroxylation is 2. The summed E-state index contributed by atoms with van der Waals surface area (Å²) in [7, 11) is 0. The van der Waals surface area contributed by atoms with Crippen molar-refractivity contribution in [3.05, 3.63) is 36.3 Å². The Morgan fingerprint density at radius 3 is 2.77 bits per heavy atom. The molecule has 0 saturated heterocycles. The lowest BCUT2D eigenvalue weighted by Gasteiger charge is -2.12. The molecular formula is C19H23BrN4O5S. The second kappa shape index (κ2) is 9.69. The maximum Gasteiger partial charge on any atom is 0.404 e. The summed E-state index contributed by atoms with van der Waals surface area (Å²) in [5.41, 5.74) is 2.13. The van der Waals surface area contributed by atoms with Crippen molar-refractivity contribution in [2.75, 3.05) is 11.9 Å². The quantitative estimate of drug-likeness (QED) is 0.327. The third-order valence-corrected chi connectivity index (χ3v) is 7.10. The first-order valence-electron chi connectivity index (χ1n) is 9.82. The zero-order valence-corrected chi connectivity index (χ0v) is 19.2. The van der Waals surface area contributed by atoms with Crippen LogP contribution in [0.15, 0.2) is 4.47 Å². The first kappa shape index (κ1) is 22.4. The standard InChI is InChI=1S/C19H23BrN4O5S/c1-3-29-19(26)15-12-7-4-5-8-13(12)30-18(15)21-14(25)9-6-10-23-11(2)16(20)17(22-23)24(27)28/h3-10H2,1-2H3,(H,21,25). The molecule has 0 bridgehead atoms. The number of carbonyl (C=O) groups is 2. The van der Waals surface area contributed by atoms with Crippen molar-refractivity contribution < 1.29 is 19.2 Å². The number of nitro groups is 1. The maximum atomic E-state index is 12.5. The fourth-order valence-electron chi connectivity index (χ4n) is 3.49. The van der Waals surface area contributed by atoms with Gasteiger partial charge in [-0.25, -0.2) is 4.79 Å². The molecule has 0 radical (unpaired) electrons.